The summed E-state index contributed by atoms with van der Waals surface area (Å²) in [6.45, 7) is 23.7. The number of esters is 1. The zero-order valence-corrected chi connectivity index (χ0v) is 18.3. The summed E-state index contributed by atoms with van der Waals surface area (Å²) in [5.41, 5.74) is -0.358. The van der Waals surface area contributed by atoms with Crippen molar-refractivity contribution in [3.05, 3.63) is 12.7 Å². The van der Waals surface area contributed by atoms with Crippen LogP contribution in [-0.4, -0.2) is 23.7 Å². The van der Waals surface area contributed by atoms with E-state index in [9.17, 15) is 9.59 Å². The molecule has 0 rings (SSSR count). The highest BCUT2D eigenvalue weighted by atomic mass is 16.5. The summed E-state index contributed by atoms with van der Waals surface area (Å²) in [6, 6.07) is 0. The Labute approximate surface area is 156 Å². The van der Waals surface area contributed by atoms with Crippen molar-refractivity contribution in [1.82, 2.24) is 0 Å². The smallest absolute Gasteiger partial charge is 0.311 e. The van der Waals surface area contributed by atoms with Gasteiger partial charge in [0.05, 0.1) is 10.8 Å². The molecule has 0 radical (unpaired) electrons. The van der Waals surface area contributed by atoms with E-state index in [4.69, 9.17) is 9.84 Å². The molecule has 0 spiro atoms. The highest BCUT2D eigenvalue weighted by Crippen LogP contribution is 2.21. The molecule has 1 N–H and O–H groups in total. The fraction of sp³-hybridized carbons (Fsp3) is 0.810. The molecule has 0 aliphatic carbocycles. The van der Waals surface area contributed by atoms with Crippen molar-refractivity contribution in [1.29, 1.82) is 0 Å². The number of rotatable bonds is 6. The molecule has 0 fully saturated rings. The maximum absolute atomic E-state index is 11.2. The molecular weight excluding hydrogens is 316 g/mol. The lowest BCUT2D eigenvalue weighted by Gasteiger charge is -2.19. The topological polar surface area (TPSA) is 63.6 Å². The van der Waals surface area contributed by atoms with E-state index in [-0.39, 0.29) is 11.4 Å². The first kappa shape index (κ1) is 28.5. The molecule has 0 unspecified atom stereocenters. The molecule has 0 aliphatic rings. The molecule has 0 aromatic rings. The van der Waals surface area contributed by atoms with Crippen LogP contribution in [0.1, 0.15) is 88.5 Å². The monoisotopic (exact) mass is 358 g/mol. The van der Waals surface area contributed by atoms with Gasteiger partial charge in [-0.2, -0.15) is 0 Å². The first-order valence-electron chi connectivity index (χ1n) is 9.12. The Morgan fingerprint density at radius 3 is 1.40 bits per heavy atom. The summed E-state index contributed by atoms with van der Waals surface area (Å²) in [5, 5.41) is 8.44. The number of ether oxygens (including phenoxy) is 1. The third-order valence-electron chi connectivity index (χ3n) is 4.29. The predicted octanol–water partition coefficient (Wildman–Crippen LogP) is 6.10. The summed E-state index contributed by atoms with van der Waals surface area (Å²) in [5.74, 6) is -0.875. The van der Waals surface area contributed by atoms with E-state index in [1.807, 2.05) is 27.7 Å². The van der Waals surface area contributed by atoms with Gasteiger partial charge < -0.3 is 9.84 Å². The highest BCUT2D eigenvalue weighted by Gasteiger charge is 2.26. The van der Waals surface area contributed by atoms with Gasteiger partial charge in [-0.1, -0.05) is 60.6 Å². The number of hydrogen-bond donors (Lipinski definition) is 1. The Bertz CT molecular complexity index is 387. The molecule has 25 heavy (non-hydrogen) atoms. The highest BCUT2D eigenvalue weighted by molar-refractivity contribution is 5.75. The predicted molar refractivity (Wildman–Crippen MR) is 107 cm³/mol. The number of carboxylic acids is 1. The summed E-state index contributed by atoms with van der Waals surface area (Å²) in [6.07, 6.45) is 4.32. The minimum Gasteiger partial charge on any atom is -0.481 e. The third kappa shape index (κ3) is 17.3. The zero-order chi connectivity index (χ0) is 20.9. The summed E-state index contributed by atoms with van der Waals surface area (Å²) in [4.78, 5) is 21.4. The lowest BCUT2D eigenvalue weighted by molar-refractivity contribution is -0.152. The molecule has 0 saturated heterocycles. The van der Waals surface area contributed by atoms with E-state index in [1.165, 1.54) is 6.42 Å². The SMILES string of the molecule is C=CCOC(=O)C(C)(C)CC.CCC(C)(C)C.CCC(C)(C)C(=O)O. The van der Waals surface area contributed by atoms with Gasteiger partial charge in [0, 0.05) is 0 Å². The van der Waals surface area contributed by atoms with E-state index in [0.29, 0.717) is 18.4 Å². The van der Waals surface area contributed by atoms with Gasteiger partial charge in [0.1, 0.15) is 6.61 Å². The van der Waals surface area contributed by atoms with Gasteiger partial charge in [-0.15, -0.1) is 0 Å². The molecule has 0 aromatic heterocycles. The van der Waals surface area contributed by atoms with E-state index in [1.54, 1.807) is 19.9 Å². The number of hydrogen-bond acceptors (Lipinski definition) is 3. The van der Waals surface area contributed by atoms with Crippen molar-refractivity contribution in [3.63, 3.8) is 0 Å². The Morgan fingerprint density at radius 2 is 1.24 bits per heavy atom. The Morgan fingerprint density at radius 1 is 0.880 bits per heavy atom. The van der Waals surface area contributed by atoms with Gasteiger partial charge in [-0.05, 0) is 46.0 Å². The summed E-state index contributed by atoms with van der Waals surface area (Å²) in [7, 11) is 0. The first-order valence-corrected chi connectivity index (χ1v) is 9.12. The number of carbonyl (C=O) groups is 2. The molecule has 0 aromatic carbocycles. The van der Waals surface area contributed by atoms with Crippen molar-refractivity contribution >= 4 is 11.9 Å². The van der Waals surface area contributed by atoms with Crippen LogP contribution in [0, 0.1) is 16.2 Å². The quantitative estimate of drug-likeness (QED) is 0.460. The van der Waals surface area contributed by atoms with Crippen LogP contribution in [0.2, 0.25) is 0 Å². The molecule has 0 aliphatic heterocycles. The largest absolute Gasteiger partial charge is 0.481 e. The van der Waals surface area contributed by atoms with Crippen molar-refractivity contribution in [2.75, 3.05) is 6.61 Å². The minimum absolute atomic E-state index is 0.153. The molecule has 4 nitrogen and oxygen atoms in total. The second-order valence-corrected chi connectivity index (χ2v) is 8.58. The lowest BCUT2D eigenvalue weighted by atomic mass is 9.91. The fourth-order valence-electron chi connectivity index (χ4n) is 0.626. The molecule has 150 valence electrons. The first-order chi connectivity index (χ1) is 11.1. The van der Waals surface area contributed by atoms with Crippen molar-refractivity contribution in [2.24, 2.45) is 16.2 Å². The van der Waals surface area contributed by atoms with Crippen LogP contribution in [0.4, 0.5) is 0 Å². The third-order valence-corrected chi connectivity index (χ3v) is 4.29. The van der Waals surface area contributed by atoms with Crippen LogP contribution in [0.25, 0.3) is 0 Å². The fourth-order valence-corrected chi connectivity index (χ4v) is 0.626. The Hall–Kier alpha value is -1.32. The van der Waals surface area contributed by atoms with Crippen molar-refractivity contribution in [2.45, 2.75) is 88.5 Å². The number of aliphatic carboxylic acids is 1. The van der Waals surface area contributed by atoms with Crippen molar-refractivity contribution in [3.8, 4) is 0 Å². The molecule has 4 heteroatoms. The molecule has 0 atom stereocenters. The molecule has 0 amide bonds. The van der Waals surface area contributed by atoms with E-state index in [2.05, 4.69) is 34.3 Å². The summed E-state index contributed by atoms with van der Waals surface area (Å²) < 4.78 is 4.89. The normalized spacial score (nSPS) is 11.3. The zero-order valence-electron chi connectivity index (χ0n) is 18.3. The van der Waals surface area contributed by atoms with Crippen LogP contribution in [-0.2, 0) is 14.3 Å². The Kier molecular flexibility index (Phi) is 14.8. The van der Waals surface area contributed by atoms with Crippen LogP contribution >= 0.6 is 0 Å². The number of carboxylic acid groups (broad SMARTS) is 1. The van der Waals surface area contributed by atoms with Gasteiger partial charge in [0.15, 0.2) is 0 Å². The average molecular weight is 359 g/mol. The molecular formula is C21H42O4. The summed E-state index contributed by atoms with van der Waals surface area (Å²) >= 11 is 0. The van der Waals surface area contributed by atoms with Crippen LogP contribution in [0.15, 0.2) is 12.7 Å². The van der Waals surface area contributed by atoms with Crippen LogP contribution in [0.3, 0.4) is 0 Å². The van der Waals surface area contributed by atoms with Gasteiger partial charge in [-0.25, -0.2) is 0 Å². The van der Waals surface area contributed by atoms with Gasteiger partial charge in [0.25, 0.3) is 0 Å². The Balaban J connectivity index is -0.000000306. The van der Waals surface area contributed by atoms with Gasteiger partial charge in [0.2, 0.25) is 0 Å². The molecule has 0 heterocycles. The average Bonchev–Trinajstić information content (AvgIpc) is 2.52. The van der Waals surface area contributed by atoms with Gasteiger partial charge in [-0.3, -0.25) is 9.59 Å². The van der Waals surface area contributed by atoms with Crippen LogP contribution in [0.5, 0.6) is 0 Å². The second-order valence-electron chi connectivity index (χ2n) is 8.58. The maximum Gasteiger partial charge on any atom is 0.311 e. The second kappa shape index (κ2) is 13.0. The van der Waals surface area contributed by atoms with Gasteiger partial charge >= 0.3 is 11.9 Å². The molecule has 0 saturated carbocycles. The lowest BCUT2D eigenvalue weighted by Crippen LogP contribution is -2.25. The number of carbonyl (C=O) groups excluding carboxylic acids is 1. The van der Waals surface area contributed by atoms with E-state index < -0.39 is 11.4 Å². The van der Waals surface area contributed by atoms with E-state index >= 15 is 0 Å². The van der Waals surface area contributed by atoms with Crippen molar-refractivity contribution < 1.29 is 19.4 Å². The van der Waals surface area contributed by atoms with Crippen LogP contribution < -0.4 is 0 Å². The minimum atomic E-state index is -0.722. The van der Waals surface area contributed by atoms with E-state index in [0.717, 1.165) is 6.42 Å². The maximum atomic E-state index is 11.2. The standard InChI is InChI=1S/C9H16O2.C6H12O2.C6H14/c1-5-7-11-8(10)9(3,4)6-2;1-4-6(2,3)5(7)8;1-5-6(2,3)4/h5H,1,6-7H2,2-4H3;4H2,1-3H3,(H,7,8);5H2,1-4H3. The molecule has 0 bridgehead atoms.